The molecule has 0 radical (unpaired) electrons. The Hall–Kier alpha value is -2.73. The third kappa shape index (κ3) is 3.42. The molecule has 6 heteroatoms. The molecule has 0 saturated carbocycles. The van der Waals surface area contributed by atoms with E-state index in [2.05, 4.69) is 60.8 Å². The molecule has 0 fully saturated rings. The van der Waals surface area contributed by atoms with Crippen molar-refractivity contribution in [1.29, 1.82) is 0 Å². The van der Waals surface area contributed by atoms with Crippen LogP contribution in [0.25, 0.3) is 16.8 Å². The van der Waals surface area contributed by atoms with Crippen molar-refractivity contribution in [3.63, 3.8) is 0 Å². The molecule has 5 rings (SSSR count). The molecule has 0 spiro atoms. The summed E-state index contributed by atoms with van der Waals surface area (Å²) in [4.78, 5) is 0. The highest BCUT2D eigenvalue weighted by Crippen LogP contribution is 2.33. The molecular weight excluding hydrogens is 428 g/mol. The normalized spacial score (nSPS) is 13.4. The number of hydrogen-bond acceptors (Lipinski definition) is 3. The Balaban J connectivity index is 1.52. The fourth-order valence-electron chi connectivity index (χ4n) is 4.10. The van der Waals surface area contributed by atoms with Crippen LogP contribution in [0.5, 0.6) is 5.75 Å². The number of aromatic nitrogens is 3. The fraction of sp³-hybridized carbons (Fsp3) is 0.261. The molecule has 2 aromatic carbocycles. The Morgan fingerprint density at radius 1 is 1.07 bits per heavy atom. The minimum atomic E-state index is 0.670. The molecule has 2 aromatic heterocycles. The summed E-state index contributed by atoms with van der Waals surface area (Å²) in [6, 6.07) is 16.6. The van der Waals surface area contributed by atoms with Gasteiger partial charge in [0.25, 0.3) is 0 Å². The highest BCUT2D eigenvalue weighted by atomic mass is 79.9. The minimum Gasteiger partial charge on any atom is -0.497 e. The van der Waals surface area contributed by atoms with E-state index in [0.29, 0.717) is 6.54 Å². The average molecular weight is 451 g/mol. The molecule has 29 heavy (non-hydrogen) atoms. The van der Waals surface area contributed by atoms with Crippen LogP contribution >= 0.6 is 15.9 Å². The summed E-state index contributed by atoms with van der Waals surface area (Å²) in [6.07, 6.45) is 5.72. The van der Waals surface area contributed by atoms with Gasteiger partial charge in [-0.15, -0.1) is 0 Å². The van der Waals surface area contributed by atoms with Crippen molar-refractivity contribution in [2.45, 2.75) is 32.4 Å². The SMILES string of the molecule is COc1ccc(NCc2nn3c4c(c(-c5ccc(Br)cc5)cn24)CCCC3)cc1. The number of benzene rings is 2. The number of aryl methyl sites for hydroxylation is 2. The van der Waals surface area contributed by atoms with Gasteiger partial charge in [-0.1, -0.05) is 28.1 Å². The fourth-order valence-corrected chi connectivity index (χ4v) is 4.36. The number of methoxy groups -OCH3 is 1. The molecule has 0 unspecified atom stereocenters. The van der Waals surface area contributed by atoms with Crippen LogP contribution in [-0.2, 0) is 19.5 Å². The molecule has 0 bridgehead atoms. The van der Waals surface area contributed by atoms with Gasteiger partial charge in [0.1, 0.15) is 11.4 Å². The molecule has 0 amide bonds. The van der Waals surface area contributed by atoms with E-state index in [9.17, 15) is 0 Å². The number of rotatable bonds is 5. The summed E-state index contributed by atoms with van der Waals surface area (Å²) in [7, 11) is 1.68. The lowest BCUT2D eigenvalue weighted by molar-refractivity contribution is 0.415. The van der Waals surface area contributed by atoms with E-state index < -0.39 is 0 Å². The first-order chi connectivity index (χ1) is 14.2. The molecule has 1 N–H and O–H groups in total. The van der Waals surface area contributed by atoms with Gasteiger partial charge in [0.2, 0.25) is 0 Å². The minimum absolute atomic E-state index is 0.670. The Labute approximate surface area is 178 Å². The van der Waals surface area contributed by atoms with Crippen molar-refractivity contribution < 1.29 is 4.74 Å². The largest absolute Gasteiger partial charge is 0.497 e. The summed E-state index contributed by atoms with van der Waals surface area (Å²) in [6.45, 7) is 1.65. The molecule has 5 nitrogen and oxygen atoms in total. The Bertz CT molecular complexity index is 1140. The van der Waals surface area contributed by atoms with E-state index in [1.165, 1.54) is 28.8 Å². The standard InChI is InChI=1S/C23H23BrN4O/c1-29-19-11-9-18(10-12-19)25-14-22-26-28-13-3-2-4-20-21(15-27(22)23(20)28)16-5-7-17(24)8-6-16/h5-12,15,25H,2-4,13-14H2,1H3. The molecule has 1 aliphatic rings. The third-order valence-corrected chi connectivity index (χ3v) is 6.11. The molecular formula is C23H23BrN4O. The first-order valence-corrected chi connectivity index (χ1v) is 10.8. The zero-order valence-corrected chi connectivity index (χ0v) is 17.9. The summed E-state index contributed by atoms with van der Waals surface area (Å²) in [5.74, 6) is 1.89. The Morgan fingerprint density at radius 3 is 2.62 bits per heavy atom. The second-order valence-electron chi connectivity index (χ2n) is 7.40. The topological polar surface area (TPSA) is 43.5 Å². The van der Waals surface area contributed by atoms with Gasteiger partial charge in [-0.05, 0) is 61.2 Å². The summed E-state index contributed by atoms with van der Waals surface area (Å²) < 4.78 is 10.8. The number of ether oxygens (including phenoxy) is 1. The van der Waals surface area contributed by atoms with Gasteiger partial charge in [-0.2, -0.15) is 5.10 Å². The number of nitrogens with zero attached hydrogens (tertiary/aromatic N) is 3. The number of anilines is 1. The molecule has 0 atom stereocenters. The number of halogens is 1. The first kappa shape index (κ1) is 18.3. The van der Waals surface area contributed by atoms with Gasteiger partial charge in [0, 0.05) is 34.0 Å². The van der Waals surface area contributed by atoms with E-state index in [0.717, 1.165) is 41.1 Å². The van der Waals surface area contributed by atoms with Gasteiger partial charge < -0.3 is 10.1 Å². The smallest absolute Gasteiger partial charge is 0.154 e. The van der Waals surface area contributed by atoms with Gasteiger partial charge in [0.15, 0.2) is 5.82 Å². The third-order valence-electron chi connectivity index (χ3n) is 5.58. The zero-order chi connectivity index (χ0) is 19.8. The molecule has 3 heterocycles. The van der Waals surface area contributed by atoms with Gasteiger partial charge in [0.05, 0.1) is 13.7 Å². The molecule has 148 valence electrons. The van der Waals surface area contributed by atoms with Crippen LogP contribution in [0.4, 0.5) is 5.69 Å². The maximum atomic E-state index is 5.24. The van der Waals surface area contributed by atoms with E-state index in [1.54, 1.807) is 7.11 Å². The van der Waals surface area contributed by atoms with Crippen molar-refractivity contribution in [3.8, 4) is 16.9 Å². The summed E-state index contributed by atoms with van der Waals surface area (Å²) in [5, 5.41) is 8.42. The van der Waals surface area contributed by atoms with Crippen molar-refractivity contribution in [3.05, 3.63) is 70.6 Å². The predicted octanol–water partition coefficient (Wildman–Crippen LogP) is 5.52. The van der Waals surface area contributed by atoms with Crippen molar-refractivity contribution in [2.75, 3.05) is 12.4 Å². The second-order valence-corrected chi connectivity index (χ2v) is 8.32. The average Bonchev–Trinajstić information content (AvgIpc) is 3.20. The highest BCUT2D eigenvalue weighted by molar-refractivity contribution is 9.10. The first-order valence-electron chi connectivity index (χ1n) is 9.96. The van der Waals surface area contributed by atoms with Crippen molar-refractivity contribution >= 4 is 27.3 Å². The van der Waals surface area contributed by atoms with Crippen LogP contribution in [0, 0.1) is 0 Å². The molecule has 0 saturated heterocycles. The maximum absolute atomic E-state index is 5.24. The van der Waals surface area contributed by atoms with Crippen LogP contribution in [0.15, 0.2) is 59.2 Å². The zero-order valence-electron chi connectivity index (χ0n) is 16.4. The molecule has 4 aromatic rings. The molecule has 1 aliphatic heterocycles. The lowest BCUT2D eigenvalue weighted by atomic mass is 10.0. The maximum Gasteiger partial charge on any atom is 0.154 e. The lowest BCUT2D eigenvalue weighted by Gasteiger charge is -2.06. The van der Waals surface area contributed by atoms with Gasteiger partial charge >= 0.3 is 0 Å². The summed E-state index contributed by atoms with van der Waals surface area (Å²) in [5.41, 5.74) is 6.28. The van der Waals surface area contributed by atoms with Crippen LogP contribution in [0.2, 0.25) is 0 Å². The highest BCUT2D eigenvalue weighted by Gasteiger charge is 2.22. The lowest BCUT2D eigenvalue weighted by Crippen LogP contribution is -2.05. The van der Waals surface area contributed by atoms with E-state index in [1.807, 2.05) is 24.3 Å². The second kappa shape index (κ2) is 7.59. The van der Waals surface area contributed by atoms with Crippen molar-refractivity contribution in [2.24, 2.45) is 0 Å². The van der Waals surface area contributed by atoms with Gasteiger partial charge in [-0.25, -0.2) is 4.68 Å². The van der Waals surface area contributed by atoms with E-state index in [-0.39, 0.29) is 0 Å². The Kier molecular flexibility index (Phi) is 4.79. The van der Waals surface area contributed by atoms with Crippen molar-refractivity contribution in [1.82, 2.24) is 14.2 Å². The number of hydrogen-bond donors (Lipinski definition) is 1. The Morgan fingerprint density at radius 2 is 1.86 bits per heavy atom. The monoisotopic (exact) mass is 450 g/mol. The van der Waals surface area contributed by atoms with E-state index in [4.69, 9.17) is 9.84 Å². The van der Waals surface area contributed by atoms with Crippen LogP contribution in [0.1, 0.15) is 24.2 Å². The van der Waals surface area contributed by atoms with Gasteiger partial charge in [-0.3, -0.25) is 4.40 Å². The summed E-state index contributed by atoms with van der Waals surface area (Å²) >= 11 is 3.54. The van der Waals surface area contributed by atoms with Crippen LogP contribution < -0.4 is 10.1 Å². The van der Waals surface area contributed by atoms with Crippen LogP contribution in [-0.4, -0.2) is 21.3 Å². The van der Waals surface area contributed by atoms with E-state index >= 15 is 0 Å². The van der Waals surface area contributed by atoms with Crippen LogP contribution in [0.3, 0.4) is 0 Å². The predicted molar refractivity (Wildman–Crippen MR) is 120 cm³/mol. The molecule has 0 aliphatic carbocycles. The number of nitrogens with one attached hydrogen (secondary N) is 1. The quantitative estimate of drug-likeness (QED) is 0.435.